The maximum absolute atomic E-state index is 11.9. The number of carboxylic acids is 1. The zero-order chi connectivity index (χ0) is 14.4. The number of piperazine rings is 1. The number of nitrogens with one attached hydrogen (secondary N) is 1. The smallest absolute Gasteiger partial charge is 0.326 e. The highest BCUT2D eigenvalue weighted by molar-refractivity contribution is 5.87. The van der Waals surface area contributed by atoms with Crippen LogP contribution in [0.2, 0.25) is 0 Å². The number of aliphatic carboxylic acids is 1. The minimum atomic E-state index is -1.27. The number of amides is 3. The molecule has 0 saturated carbocycles. The molecule has 8 heteroatoms. The van der Waals surface area contributed by atoms with Crippen molar-refractivity contribution in [1.29, 1.82) is 0 Å². The van der Waals surface area contributed by atoms with Crippen LogP contribution in [0.1, 0.15) is 13.3 Å². The molecule has 1 fully saturated rings. The van der Waals surface area contributed by atoms with E-state index in [1.807, 2.05) is 6.92 Å². The molecule has 1 unspecified atom stereocenters. The van der Waals surface area contributed by atoms with Crippen molar-refractivity contribution in [2.45, 2.75) is 19.4 Å². The Bertz CT molecular complexity index is 353. The Hall–Kier alpha value is -1.83. The van der Waals surface area contributed by atoms with E-state index >= 15 is 0 Å². The van der Waals surface area contributed by atoms with Gasteiger partial charge in [-0.15, -0.1) is 0 Å². The van der Waals surface area contributed by atoms with Crippen LogP contribution >= 0.6 is 0 Å². The molecular formula is C11H20N4O4. The third-order valence-corrected chi connectivity index (χ3v) is 3.11. The van der Waals surface area contributed by atoms with Crippen LogP contribution in [0.25, 0.3) is 0 Å². The topological polar surface area (TPSA) is 116 Å². The van der Waals surface area contributed by atoms with Crippen LogP contribution < -0.4 is 11.1 Å². The van der Waals surface area contributed by atoms with E-state index in [-0.39, 0.29) is 0 Å². The number of rotatable bonds is 5. The third-order valence-electron chi connectivity index (χ3n) is 3.11. The molecule has 0 aromatic rings. The zero-order valence-electron chi connectivity index (χ0n) is 11.0. The van der Waals surface area contributed by atoms with Gasteiger partial charge in [-0.3, -0.25) is 4.79 Å². The molecule has 0 aliphatic carbocycles. The van der Waals surface area contributed by atoms with Crippen LogP contribution in [0.4, 0.5) is 4.79 Å². The van der Waals surface area contributed by atoms with Crippen molar-refractivity contribution in [2.24, 2.45) is 5.73 Å². The Morgan fingerprint density at radius 2 is 1.84 bits per heavy atom. The van der Waals surface area contributed by atoms with Crippen molar-refractivity contribution in [3.05, 3.63) is 0 Å². The molecule has 3 amide bonds. The second-order valence-corrected chi connectivity index (χ2v) is 4.43. The maximum atomic E-state index is 11.9. The second-order valence-electron chi connectivity index (χ2n) is 4.43. The molecule has 1 atom stereocenters. The van der Waals surface area contributed by atoms with Crippen LogP contribution in [-0.4, -0.2) is 71.6 Å². The van der Waals surface area contributed by atoms with Gasteiger partial charge in [0.25, 0.3) is 0 Å². The third kappa shape index (κ3) is 4.74. The average Bonchev–Trinajstić information content (AvgIpc) is 2.37. The minimum Gasteiger partial charge on any atom is -0.480 e. The highest BCUT2D eigenvalue weighted by Gasteiger charge is 2.26. The summed E-state index contributed by atoms with van der Waals surface area (Å²) in [5, 5.41) is 11.2. The summed E-state index contributed by atoms with van der Waals surface area (Å²) < 4.78 is 0. The molecule has 19 heavy (non-hydrogen) atoms. The summed E-state index contributed by atoms with van der Waals surface area (Å²) in [5.41, 5.74) is 4.95. The number of hydrogen-bond acceptors (Lipinski definition) is 4. The number of carbonyl (C=O) groups excluding carboxylic acids is 2. The van der Waals surface area contributed by atoms with Gasteiger partial charge in [-0.05, 0) is 6.54 Å². The molecule has 1 rings (SSSR count). The van der Waals surface area contributed by atoms with E-state index < -0.39 is 30.4 Å². The molecule has 0 aromatic carbocycles. The van der Waals surface area contributed by atoms with Gasteiger partial charge in [0.1, 0.15) is 6.04 Å². The lowest BCUT2D eigenvalue weighted by atomic mass is 10.2. The number of likely N-dealkylation sites (N-methyl/N-ethyl adjacent to an activating group) is 1. The highest BCUT2D eigenvalue weighted by atomic mass is 16.4. The van der Waals surface area contributed by atoms with Crippen molar-refractivity contribution in [3.63, 3.8) is 0 Å². The SMILES string of the molecule is CCN1CCN(C(=O)NC(CC(N)=O)C(=O)O)CC1. The first-order valence-corrected chi connectivity index (χ1v) is 6.23. The van der Waals surface area contributed by atoms with Crippen LogP contribution in [0.5, 0.6) is 0 Å². The molecule has 0 spiro atoms. The Labute approximate surface area is 111 Å². The number of primary amides is 1. The van der Waals surface area contributed by atoms with Crippen LogP contribution in [0.3, 0.4) is 0 Å². The van der Waals surface area contributed by atoms with E-state index in [4.69, 9.17) is 10.8 Å². The molecule has 1 heterocycles. The Morgan fingerprint density at radius 1 is 1.26 bits per heavy atom. The summed E-state index contributed by atoms with van der Waals surface area (Å²) >= 11 is 0. The quantitative estimate of drug-likeness (QED) is 0.573. The fourth-order valence-electron chi connectivity index (χ4n) is 1.91. The maximum Gasteiger partial charge on any atom is 0.326 e. The summed E-state index contributed by atoms with van der Waals surface area (Å²) in [6.07, 6.45) is -0.407. The molecule has 1 aliphatic rings. The van der Waals surface area contributed by atoms with Crippen LogP contribution in [-0.2, 0) is 9.59 Å². The Balaban J connectivity index is 2.48. The van der Waals surface area contributed by atoms with Crippen molar-refractivity contribution in [2.75, 3.05) is 32.7 Å². The molecule has 0 bridgehead atoms. The highest BCUT2D eigenvalue weighted by Crippen LogP contribution is 2.02. The fraction of sp³-hybridized carbons (Fsp3) is 0.727. The van der Waals surface area contributed by atoms with Gasteiger partial charge in [-0.25, -0.2) is 9.59 Å². The van der Waals surface area contributed by atoms with Gasteiger partial charge in [0, 0.05) is 26.2 Å². The predicted molar refractivity (Wildman–Crippen MR) is 67.5 cm³/mol. The first-order chi connectivity index (χ1) is 8.93. The largest absolute Gasteiger partial charge is 0.480 e. The zero-order valence-corrected chi connectivity index (χ0v) is 11.0. The molecule has 108 valence electrons. The standard InChI is InChI=1S/C11H20N4O4/c1-2-14-3-5-15(6-4-14)11(19)13-8(10(17)18)7-9(12)16/h8H,2-7H2,1H3,(H2,12,16)(H,13,19)(H,17,18). The molecular weight excluding hydrogens is 252 g/mol. The molecule has 8 nitrogen and oxygen atoms in total. The van der Waals surface area contributed by atoms with E-state index in [2.05, 4.69) is 10.2 Å². The Kier molecular flexibility index (Phi) is 5.56. The average molecular weight is 272 g/mol. The normalized spacial score (nSPS) is 17.8. The summed E-state index contributed by atoms with van der Waals surface area (Å²) in [4.78, 5) is 37.3. The molecule has 0 radical (unpaired) electrons. The summed E-state index contributed by atoms with van der Waals surface area (Å²) in [7, 11) is 0. The van der Waals surface area contributed by atoms with Crippen LogP contribution in [0, 0.1) is 0 Å². The van der Waals surface area contributed by atoms with E-state index in [1.165, 1.54) is 0 Å². The molecule has 4 N–H and O–H groups in total. The monoisotopic (exact) mass is 272 g/mol. The Morgan fingerprint density at radius 3 is 2.26 bits per heavy atom. The number of carboxylic acid groups (broad SMARTS) is 1. The second kappa shape index (κ2) is 6.93. The first kappa shape index (κ1) is 15.2. The number of nitrogens with two attached hydrogens (primary N) is 1. The van der Waals surface area contributed by atoms with Gasteiger partial charge < -0.3 is 26.0 Å². The van der Waals surface area contributed by atoms with Gasteiger partial charge in [-0.1, -0.05) is 6.92 Å². The summed E-state index contributed by atoms with van der Waals surface area (Å²) in [5.74, 6) is -2.03. The van der Waals surface area contributed by atoms with Gasteiger partial charge in [0.05, 0.1) is 6.42 Å². The summed E-state index contributed by atoms with van der Waals surface area (Å²) in [6.45, 7) is 5.58. The number of hydrogen-bond donors (Lipinski definition) is 3. The lowest BCUT2D eigenvalue weighted by molar-refractivity contribution is -0.141. The van der Waals surface area contributed by atoms with E-state index in [9.17, 15) is 14.4 Å². The van der Waals surface area contributed by atoms with Crippen molar-refractivity contribution >= 4 is 17.9 Å². The summed E-state index contributed by atoms with van der Waals surface area (Å²) in [6, 6.07) is -1.74. The van der Waals surface area contributed by atoms with Crippen molar-refractivity contribution in [3.8, 4) is 0 Å². The number of nitrogens with zero attached hydrogens (tertiary/aromatic N) is 2. The van der Waals surface area contributed by atoms with Gasteiger partial charge >= 0.3 is 12.0 Å². The van der Waals surface area contributed by atoms with Gasteiger partial charge in [-0.2, -0.15) is 0 Å². The number of urea groups is 1. The molecule has 0 aromatic heterocycles. The first-order valence-electron chi connectivity index (χ1n) is 6.23. The minimum absolute atomic E-state index is 0.407. The van der Waals surface area contributed by atoms with E-state index in [0.29, 0.717) is 13.1 Å². The van der Waals surface area contributed by atoms with Gasteiger partial charge in [0.15, 0.2) is 0 Å². The predicted octanol–water partition coefficient (Wildman–Crippen LogP) is -1.34. The molecule has 1 saturated heterocycles. The van der Waals surface area contributed by atoms with Crippen LogP contribution in [0.15, 0.2) is 0 Å². The molecule has 1 aliphatic heterocycles. The van der Waals surface area contributed by atoms with Gasteiger partial charge in [0.2, 0.25) is 5.91 Å². The van der Waals surface area contributed by atoms with Crippen molar-refractivity contribution in [1.82, 2.24) is 15.1 Å². The fourth-order valence-corrected chi connectivity index (χ4v) is 1.91. The van der Waals surface area contributed by atoms with E-state index in [1.54, 1.807) is 4.90 Å². The number of carbonyl (C=O) groups is 3. The van der Waals surface area contributed by atoms with Crippen molar-refractivity contribution < 1.29 is 19.5 Å². The lowest BCUT2D eigenvalue weighted by Gasteiger charge is -2.34. The lowest BCUT2D eigenvalue weighted by Crippen LogP contribution is -2.55. The van der Waals surface area contributed by atoms with E-state index in [0.717, 1.165) is 19.6 Å².